The lowest BCUT2D eigenvalue weighted by Crippen LogP contribution is -2.24. The van der Waals surface area contributed by atoms with Gasteiger partial charge in [-0.2, -0.15) is 0 Å². The average Bonchev–Trinajstić information content (AvgIpc) is 2.56. The Hall–Kier alpha value is -1.78. The Labute approximate surface area is 149 Å². The first-order valence-corrected chi connectivity index (χ1v) is 8.38. The van der Waals surface area contributed by atoms with Crippen LogP contribution in [-0.2, 0) is 11.3 Å². The number of rotatable bonds is 6. The molecule has 0 atom stereocenters. The maximum absolute atomic E-state index is 11.6. The highest BCUT2D eigenvalue weighted by Gasteiger charge is 2.01. The van der Waals surface area contributed by atoms with Gasteiger partial charge in [0.05, 0.1) is 0 Å². The van der Waals surface area contributed by atoms with Crippen molar-refractivity contribution in [2.24, 2.45) is 0 Å². The first kappa shape index (κ1) is 17.6. The number of halogens is 2. The quantitative estimate of drug-likeness (QED) is 0.663. The van der Waals surface area contributed by atoms with Crippen molar-refractivity contribution in [3.8, 4) is 0 Å². The number of alkyl carbamates (subject to hydrolysis) is 1. The highest BCUT2D eigenvalue weighted by molar-refractivity contribution is 9.10. The van der Waals surface area contributed by atoms with Gasteiger partial charge >= 0.3 is 6.09 Å². The third-order valence-electron chi connectivity index (χ3n) is 3.05. The fourth-order valence-electron chi connectivity index (χ4n) is 1.88. The molecule has 0 aliphatic rings. The molecule has 0 fully saturated rings. The van der Waals surface area contributed by atoms with Crippen molar-refractivity contribution in [2.45, 2.75) is 13.0 Å². The van der Waals surface area contributed by atoms with E-state index in [0.29, 0.717) is 18.0 Å². The van der Waals surface area contributed by atoms with Gasteiger partial charge in [-0.3, -0.25) is 0 Å². The van der Waals surface area contributed by atoms with Crippen LogP contribution >= 0.6 is 27.5 Å². The van der Waals surface area contributed by atoms with Crippen LogP contribution < -0.4 is 5.32 Å². The standard InChI is InChI=1S/C18H17BrClNO2/c19-17-10-9-16(20)12-15(17)8-4-5-11-21-18(22)23-13-14-6-2-1-3-7-14/h1-4,6-10,12H,5,11,13H2,(H,21,22). The lowest BCUT2D eigenvalue weighted by atomic mass is 10.2. The first-order valence-electron chi connectivity index (χ1n) is 7.21. The highest BCUT2D eigenvalue weighted by Crippen LogP contribution is 2.22. The van der Waals surface area contributed by atoms with Crippen LogP contribution in [0.1, 0.15) is 17.5 Å². The number of hydrogen-bond acceptors (Lipinski definition) is 2. The summed E-state index contributed by atoms with van der Waals surface area (Å²) in [6.45, 7) is 0.792. The SMILES string of the molecule is O=C(NCCC=Cc1cc(Cl)ccc1Br)OCc1ccccc1. The van der Waals surface area contributed by atoms with Crippen LogP contribution in [0.3, 0.4) is 0 Å². The largest absolute Gasteiger partial charge is 0.445 e. The van der Waals surface area contributed by atoms with Crippen molar-refractivity contribution in [1.82, 2.24) is 5.32 Å². The van der Waals surface area contributed by atoms with E-state index < -0.39 is 6.09 Å². The van der Waals surface area contributed by atoms with Crippen LogP contribution in [0, 0.1) is 0 Å². The number of ether oxygens (including phenoxy) is 1. The fraction of sp³-hybridized carbons (Fsp3) is 0.167. The van der Waals surface area contributed by atoms with Crippen LogP contribution in [0.25, 0.3) is 6.08 Å². The van der Waals surface area contributed by atoms with Crippen LogP contribution in [0.5, 0.6) is 0 Å². The second-order valence-corrected chi connectivity index (χ2v) is 6.14. The van der Waals surface area contributed by atoms with E-state index >= 15 is 0 Å². The number of amides is 1. The average molecular weight is 395 g/mol. The molecule has 5 heteroatoms. The third-order valence-corrected chi connectivity index (χ3v) is 4.01. The predicted molar refractivity (Wildman–Crippen MR) is 97.4 cm³/mol. The Morgan fingerprint density at radius 1 is 1.22 bits per heavy atom. The molecule has 0 aromatic heterocycles. The molecule has 0 saturated heterocycles. The minimum atomic E-state index is -0.411. The van der Waals surface area contributed by atoms with Gasteiger partial charge in [-0.05, 0) is 35.7 Å². The molecule has 0 aliphatic carbocycles. The van der Waals surface area contributed by atoms with Gasteiger partial charge in [0.25, 0.3) is 0 Å². The summed E-state index contributed by atoms with van der Waals surface area (Å²) in [5, 5.41) is 3.41. The third kappa shape index (κ3) is 6.47. The molecule has 0 radical (unpaired) electrons. The molecular formula is C18H17BrClNO2. The Balaban J connectivity index is 1.67. The molecule has 0 saturated carbocycles. The summed E-state index contributed by atoms with van der Waals surface area (Å²) in [5.74, 6) is 0. The topological polar surface area (TPSA) is 38.3 Å². The van der Waals surface area contributed by atoms with Crippen LogP contribution in [0.15, 0.2) is 59.1 Å². The van der Waals surface area contributed by atoms with Crippen LogP contribution in [0.2, 0.25) is 5.02 Å². The number of carbonyl (C=O) groups excluding carboxylic acids is 1. The highest BCUT2D eigenvalue weighted by atomic mass is 79.9. The van der Waals surface area contributed by atoms with Crippen LogP contribution in [-0.4, -0.2) is 12.6 Å². The zero-order chi connectivity index (χ0) is 16.5. The zero-order valence-electron chi connectivity index (χ0n) is 12.5. The minimum Gasteiger partial charge on any atom is -0.445 e. The monoisotopic (exact) mass is 393 g/mol. The molecule has 3 nitrogen and oxygen atoms in total. The smallest absolute Gasteiger partial charge is 0.407 e. The molecule has 0 bridgehead atoms. The number of benzene rings is 2. The van der Waals surface area contributed by atoms with E-state index in [1.165, 1.54) is 0 Å². The second kappa shape index (κ2) is 9.38. The van der Waals surface area contributed by atoms with Gasteiger partial charge in [0, 0.05) is 16.0 Å². The molecule has 2 rings (SSSR count). The summed E-state index contributed by atoms with van der Waals surface area (Å²) < 4.78 is 6.11. The Kier molecular flexibility index (Phi) is 7.17. The number of carbonyl (C=O) groups is 1. The van der Waals surface area contributed by atoms with Crippen molar-refractivity contribution in [1.29, 1.82) is 0 Å². The summed E-state index contributed by atoms with van der Waals surface area (Å²) in [5.41, 5.74) is 1.97. The number of nitrogens with one attached hydrogen (secondary N) is 1. The normalized spacial score (nSPS) is 10.7. The van der Waals surface area contributed by atoms with Crippen molar-refractivity contribution < 1.29 is 9.53 Å². The van der Waals surface area contributed by atoms with Crippen molar-refractivity contribution >= 4 is 39.7 Å². The summed E-state index contributed by atoms with van der Waals surface area (Å²) in [6, 6.07) is 15.2. The van der Waals surface area contributed by atoms with Crippen molar-refractivity contribution in [3.05, 3.63) is 75.2 Å². The Bertz CT molecular complexity index is 674. The second-order valence-electron chi connectivity index (χ2n) is 4.85. The summed E-state index contributed by atoms with van der Waals surface area (Å²) >= 11 is 9.42. The van der Waals surface area contributed by atoms with Crippen molar-refractivity contribution in [2.75, 3.05) is 6.54 Å². The van der Waals surface area contributed by atoms with E-state index in [1.54, 1.807) is 0 Å². The van der Waals surface area contributed by atoms with Crippen molar-refractivity contribution in [3.63, 3.8) is 0 Å². The molecule has 120 valence electrons. The van der Waals surface area contributed by atoms with Gasteiger partial charge in [0.15, 0.2) is 0 Å². The molecule has 0 unspecified atom stereocenters. The molecule has 1 N–H and O–H groups in total. The molecule has 1 amide bonds. The molecule has 0 heterocycles. The van der Waals surface area contributed by atoms with Gasteiger partial charge < -0.3 is 10.1 Å². The predicted octanol–water partition coefficient (Wildman–Crippen LogP) is 5.43. The molecule has 23 heavy (non-hydrogen) atoms. The molecule has 2 aromatic carbocycles. The Morgan fingerprint density at radius 2 is 2.00 bits per heavy atom. The van der Waals surface area contributed by atoms with E-state index in [4.69, 9.17) is 16.3 Å². The van der Waals surface area contributed by atoms with E-state index in [2.05, 4.69) is 21.2 Å². The van der Waals surface area contributed by atoms with E-state index in [0.717, 1.165) is 15.6 Å². The van der Waals surface area contributed by atoms with Gasteiger partial charge in [0.2, 0.25) is 0 Å². The summed E-state index contributed by atoms with van der Waals surface area (Å²) in [7, 11) is 0. The molecule has 2 aromatic rings. The maximum atomic E-state index is 11.6. The zero-order valence-corrected chi connectivity index (χ0v) is 14.8. The van der Waals surface area contributed by atoms with E-state index in [1.807, 2.05) is 60.7 Å². The van der Waals surface area contributed by atoms with E-state index in [9.17, 15) is 4.79 Å². The summed E-state index contributed by atoms with van der Waals surface area (Å²) in [4.78, 5) is 11.6. The molecule has 0 spiro atoms. The molecular weight excluding hydrogens is 378 g/mol. The maximum Gasteiger partial charge on any atom is 0.407 e. The van der Waals surface area contributed by atoms with Crippen LogP contribution in [0.4, 0.5) is 4.79 Å². The van der Waals surface area contributed by atoms with Gasteiger partial charge in [-0.25, -0.2) is 4.79 Å². The lowest BCUT2D eigenvalue weighted by Gasteiger charge is -2.06. The molecule has 0 aliphatic heterocycles. The van der Waals surface area contributed by atoms with Gasteiger partial charge in [0.1, 0.15) is 6.61 Å². The lowest BCUT2D eigenvalue weighted by molar-refractivity contribution is 0.140. The first-order chi connectivity index (χ1) is 11.1. The Morgan fingerprint density at radius 3 is 2.78 bits per heavy atom. The van der Waals surface area contributed by atoms with Gasteiger partial charge in [-0.1, -0.05) is 70.0 Å². The minimum absolute atomic E-state index is 0.276. The van der Waals surface area contributed by atoms with Gasteiger partial charge in [-0.15, -0.1) is 0 Å². The van der Waals surface area contributed by atoms with E-state index in [-0.39, 0.29) is 6.61 Å². The number of hydrogen-bond donors (Lipinski definition) is 1. The summed E-state index contributed by atoms with van der Waals surface area (Å²) in [6.07, 6.45) is 4.24. The fourth-order valence-corrected chi connectivity index (χ4v) is 2.44.